The molecule has 1 aliphatic rings. The van der Waals surface area contributed by atoms with Gasteiger partial charge in [0.05, 0.1) is 5.69 Å². The van der Waals surface area contributed by atoms with Gasteiger partial charge in [-0.2, -0.15) is 17.0 Å². The van der Waals surface area contributed by atoms with Crippen molar-refractivity contribution >= 4 is 23.4 Å². The molecule has 1 aliphatic heterocycles. The van der Waals surface area contributed by atoms with Crippen LogP contribution in [0, 0.1) is 11.3 Å². The zero-order valence-corrected chi connectivity index (χ0v) is 9.85. The Balaban J connectivity index is 2.36. The summed E-state index contributed by atoms with van der Waals surface area (Å²) in [4.78, 5) is 16.9. The normalized spacial score (nSPS) is 19.7. The van der Waals surface area contributed by atoms with Crippen molar-refractivity contribution in [1.29, 1.82) is 5.26 Å². The van der Waals surface area contributed by atoms with E-state index in [0.29, 0.717) is 18.0 Å². The second-order valence-corrected chi connectivity index (χ2v) is 4.76. The fourth-order valence-corrected chi connectivity index (χ4v) is 2.85. The van der Waals surface area contributed by atoms with Gasteiger partial charge in [0.1, 0.15) is 12.1 Å². The number of carbonyl (C=O) groups is 1. The minimum absolute atomic E-state index is 0.283. The van der Waals surface area contributed by atoms with E-state index in [2.05, 4.69) is 4.98 Å². The van der Waals surface area contributed by atoms with Gasteiger partial charge < -0.3 is 10.0 Å². The number of aliphatic carboxylic acids is 1. The Hall–Kier alpha value is -1.74. The summed E-state index contributed by atoms with van der Waals surface area (Å²) in [5.74, 6) is 0.545. The molecule has 0 aliphatic carbocycles. The van der Waals surface area contributed by atoms with Crippen LogP contribution in [0.2, 0.25) is 0 Å². The van der Waals surface area contributed by atoms with Crippen molar-refractivity contribution in [2.45, 2.75) is 6.04 Å². The van der Waals surface area contributed by atoms with E-state index in [4.69, 9.17) is 5.26 Å². The lowest BCUT2D eigenvalue weighted by molar-refractivity contribution is -0.138. The molecule has 88 valence electrons. The van der Waals surface area contributed by atoms with E-state index >= 15 is 0 Å². The van der Waals surface area contributed by atoms with Crippen molar-refractivity contribution in [2.75, 3.05) is 23.0 Å². The lowest BCUT2D eigenvalue weighted by Gasteiger charge is -2.34. The van der Waals surface area contributed by atoms with Crippen LogP contribution in [0.15, 0.2) is 18.3 Å². The second-order valence-electron chi connectivity index (χ2n) is 3.61. The van der Waals surface area contributed by atoms with E-state index in [9.17, 15) is 9.90 Å². The van der Waals surface area contributed by atoms with Crippen LogP contribution in [0.3, 0.4) is 0 Å². The topological polar surface area (TPSA) is 77.2 Å². The van der Waals surface area contributed by atoms with Crippen LogP contribution in [0.5, 0.6) is 0 Å². The highest BCUT2D eigenvalue weighted by Crippen LogP contribution is 2.25. The van der Waals surface area contributed by atoms with Crippen molar-refractivity contribution in [1.82, 2.24) is 4.98 Å². The van der Waals surface area contributed by atoms with Gasteiger partial charge in [0, 0.05) is 24.2 Å². The van der Waals surface area contributed by atoms with Crippen molar-refractivity contribution in [3.63, 3.8) is 0 Å². The standard InChI is InChI=1S/C11H11N3O2S/c12-6-8-9(2-1-3-13-8)14-4-5-17-7-10(14)11(15)16/h1-3,10H,4-5,7H2,(H,15,16). The molecular weight excluding hydrogens is 238 g/mol. The first-order valence-corrected chi connectivity index (χ1v) is 6.32. The van der Waals surface area contributed by atoms with Crippen molar-refractivity contribution < 1.29 is 9.90 Å². The number of pyridine rings is 1. The molecule has 1 aromatic heterocycles. The molecule has 5 nitrogen and oxygen atoms in total. The highest BCUT2D eigenvalue weighted by molar-refractivity contribution is 7.99. The van der Waals surface area contributed by atoms with Crippen molar-refractivity contribution in [3.05, 3.63) is 24.0 Å². The molecule has 17 heavy (non-hydrogen) atoms. The van der Waals surface area contributed by atoms with Gasteiger partial charge in [0.15, 0.2) is 5.69 Å². The maximum Gasteiger partial charge on any atom is 0.327 e. The van der Waals surface area contributed by atoms with E-state index < -0.39 is 12.0 Å². The van der Waals surface area contributed by atoms with Gasteiger partial charge in [-0.1, -0.05) is 0 Å². The lowest BCUT2D eigenvalue weighted by atomic mass is 10.2. The van der Waals surface area contributed by atoms with E-state index in [0.717, 1.165) is 5.75 Å². The molecule has 1 aromatic rings. The Labute approximate surface area is 103 Å². The van der Waals surface area contributed by atoms with Crippen LogP contribution >= 0.6 is 11.8 Å². The molecule has 0 amide bonds. The van der Waals surface area contributed by atoms with E-state index in [1.54, 1.807) is 28.8 Å². The summed E-state index contributed by atoms with van der Waals surface area (Å²) in [7, 11) is 0. The summed E-state index contributed by atoms with van der Waals surface area (Å²) in [6.45, 7) is 0.627. The maximum absolute atomic E-state index is 11.2. The first kappa shape index (κ1) is 11.7. The van der Waals surface area contributed by atoms with Gasteiger partial charge in [-0.05, 0) is 12.1 Å². The fraction of sp³-hybridized carbons (Fsp3) is 0.364. The molecule has 1 N–H and O–H groups in total. The summed E-state index contributed by atoms with van der Waals surface area (Å²) in [5.41, 5.74) is 0.897. The predicted octanol–water partition coefficient (Wildman–Crippen LogP) is 0.960. The molecule has 0 radical (unpaired) electrons. The quantitative estimate of drug-likeness (QED) is 0.841. The summed E-state index contributed by atoms with van der Waals surface area (Å²) >= 11 is 1.62. The minimum atomic E-state index is -0.857. The molecule has 1 atom stereocenters. The third-order valence-electron chi connectivity index (χ3n) is 2.62. The molecule has 0 spiro atoms. The number of hydrogen-bond acceptors (Lipinski definition) is 5. The smallest absolute Gasteiger partial charge is 0.327 e. The van der Waals surface area contributed by atoms with Crippen LogP contribution < -0.4 is 4.90 Å². The molecule has 1 saturated heterocycles. The minimum Gasteiger partial charge on any atom is -0.480 e. The summed E-state index contributed by atoms with van der Waals surface area (Å²) in [6.07, 6.45) is 1.54. The van der Waals surface area contributed by atoms with Crippen LogP contribution in [0.1, 0.15) is 5.69 Å². The fourth-order valence-electron chi connectivity index (χ4n) is 1.81. The molecular formula is C11H11N3O2S. The Bertz CT molecular complexity index is 472. The summed E-state index contributed by atoms with van der Waals surface area (Å²) in [6, 6.07) is 4.89. The molecule has 2 rings (SSSR count). The van der Waals surface area contributed by atoms with Crippen LogP contribution in [-0.2, 0) is 4.79 Å². The zero-order chi connectivity index (χ0) is 12.3. The number of rotatable bonds is 2. The van der Waals surface area contributed by atoms with E-state index in [1.165, 1.54) is 6.20 Å². The Morgan fingerprint density at radius 3 is 3.24 bits per heavy atom. The lowest BCUT2D eigenvalue weighted by Crippen LogP contribution is -2.47. The molecule has 2 heterocycles. The molecule has 1 unspecified atom stereocenters. The number of carboxylic acid groups (broad SMARTS) is 1. The second kappa shape index (κ2) is 5.06. The SMILES string of the molecule is N#Cc1ncccc1N1CCSCC1C(=O)O. The number of nitriles is 1. The third-order valence-corrected chi connectivity index (χ3v) is 3.64. The van der Waals surface area contributed by atoms with Crippen LogP contribution in [0.4, 0.5) is 5.69 Å². The van der Waals surface area contributed by atoms with Gasteiger partial charge in [-0.15, -0.1) is 0 Å². The maximum atomic E-state index is 11.2. The average Bonchev–Trinajstić information content (AvgIpc) is 2.38. The Kier molecular flexibility index (Phi) is 3.49. The van der Waals surface area contributed by atoms with Gasteiger partial charge in [-0.25, -0.2) is 9.78 Å². The molecule has 1 fully saturated rings. The summed E-state index contributed by atoms with van der Waals surface area (Å²) in [5, 5.41) is 18.2. The number of hydrogen-bond donors (Lipinski definition) is 1. The monoisotopic (exact) mass is 249 g/mol. The van der Waals surface area contributed by atoms with Gasteiger partial charge in [0.2, 0.25) is 0 Å². The molecule has 0 bridgehead atoms. The van der Waals surface area contributed by atoms with Crippen molar-refractivity contribution in [2.24, 2.45) is 0 Å². The number of carboxylic acids is 1. The van der Waals surface area contributed by atoms with Gasteiger partial charge >= 0.3 is 5.97 Å². The summed E-state index contributed by atoms with van der Waals surface area (Å²) < 4.78 is 0. The van der Waals surface area contributed by atoms with E-state index in [-0.39, 0.29) is 5.69 Å². The van der Waals surface area contributed by atoms with E-state index in [1.807, 2.05) is 6.07 Å². The molecule has 0 aromatic carbocycles. The van der Waals surface area contributed by atoms with Crippen molar-refractivity contribution in [3.8, 4) is 6.07 Å². The number of thioether (sulfide) groups is 1. The number of anilines is 1. The largest absolute Gasteiger partial charge is 0.480 e. The molecule has 0 saturated carbocycles. The highest BCUT2D eigenvalue weighted by atomic mass is 32.2. The first-order chi connectivity index (χ1) is 8.24. The zero-order valence-electron chi connectivity index (χ0n) is 9.04. The Morgan fingerprint density at radius 1 is 1.71 bits per heavy atom. The number of nitrogens with zero attached hydrogens (tertiary/aromatic N) is 3. The number of aromatic nitrogens is 1. The van der Waals surface area contributed by atoms with Crippen LogP contribution in [-0.4, -0.2) is 40.2 Å². The van der Waals surface area contributed by atoms with Crippen LogP contribution in [0.25, 0.3) is 0 Å². The van der Waals surface area contributed by atoms with Gasteiger partial charge in [-0.3, -0.25) is 0 Å². The molecule has 6 heteroatoms. The first-order valence-electron chi connectivity index (χ1n) is 5.16. The average molecular weight is 249 g/mol. The van der Waals surface area contributed by atoms with Gasteiger partial charge in [0.25, 0.3) is 0 Å². The Morgan fingerprint density at radius 2 is 2.53 bits per heavy atom. The predicted molar refractivity (Wildman–Crippen MR) is 65.0 cm³/mol. The third kappa shape index (κ3) is 2.34. The highest BCUT2D eigenvalue weighted by Gasteiger charge is 2.30.